The summed E-state index contributed by atoms with van der Waals surface area (Å²) in [5.74, 6) is 0.389. The molecular weight excluding hydrogens is 238 g/mol. The molecule has 0 aromatic carbocycles. The summed E-state index contributed by atoms with van der Waals surface area (Å²) >= 11 is 0. The number of hydrogen-bond acceptors (Lipinski definition) is 3. The molecule has 0 radical (unpaired) electrons. The van der Waals surface area contributed by atoms with Crippen LogP contribution in [-0.2, 0) is 14.6 Å². The number of sulfone groups is 1. The maximum atomic E-state index is 11.8. The van der Waals surface area contributed by atoms with Gasteiger partial charge in [0.2, 0.25) is 5.91 Å². The molecule has 0 spiro atoms. The fourth-order valence-electron chi connectivity index (χ4n) is 2.00. The second-order valence-electron chi connectivity index (χ2n) is 4.70. The van der Waals surface area contributed by atoms with Crippen LogP contribution in [-0.4, -0.2) is 43.8 Å². The second kappa shape index (κ2) is 6.99. The Labute approximate surface area is 104 Å². The van der Waals surface area contributed by atoms with Crippen LogP contribution in [0, 0.1) is 0 Å². The Morgan fingerprint density at radius 2 is 1.65 bits per heavy atom. The zero-order valence-corrected chi connectivity index (χ0v) is 11.5. The van der Waals surface area contributed by atoms with Gasteiger partial charge in [-0.25, -0.2) is 8.42 Å². The number of nitrogens with zero attached hydrogens (tertiary/aromatic N) is 1. The van der Waals surface area contributed by atoms with Gasteiger partial charge >= 0.3 is 0 Å². The van der Waals surface area contributed by atoms with Crippen molar-refractivity contribution in [3.63, 3.8) is 0 Å². The highest BCUT2D eigenvalue weighted by Crippen LogP contribution is 2.09. The lowest BCUT2D eigenvalue weighted by molar-refractivity contribution is -0.131. The standard InChI is InChI=1S/C12H23NO3S/c1-2-3-4-5-6-7-12(14)13-8-10-17(15,16)11-9-13/h2-11H2,1H3. The van der Waals surface area contributed by atoms with Gasteiger partial charge in [-0.3, -0.25) is 4.79 Å². The van der Waals surface area contributed by atoms with E-state index in [0.717, 1.165) is 12.8 Å². The molecule has 0 unspecified atom stereocenters. The first kappa shape index (κ1) is 14.5. The quantitative estimate of drug-likeness (QED) is 0.682. The van der Waals surface area contributed by atoms with Crippen LogP contribution in [0.5, 0.6) is 0 Å². The van der Waals surface area contributed by atoms with Gasteiger partial charge < -0.3 is 4.90 Å². The smallest absolute Gasteiger partial charge is 0.222 e. The highest BCUT2D eigenvalue weighted by Gasteiger charge is 2.24. The summed E-state index contributed by atoms with van der Waals surface area (Å²) in [7, 11) is -2.88. The van der Waals surface area contributed by atoms with E-state index in [2.05, 4.69) is 6.92 Å². The average Bonchev–Trinajstić information content (AvgIpc) is 2.28. The molecule has 1 fully saturated rings. The lowest BCUT2D eigenvalue weighted by Crippen LogP contribution is -2.43. The van der Waals surface area contributed by atoms with Crippen LogP contribution < -0.4 is 0 Å². The van der Waals surface area contributed by atoms with Gasteiger partial charge in [-0.05, 0) is 6.42 Å². The summed E-state index contributed by atoms with van der Waals surface area (Å²) in [6, 6.07) is 0. The summed E-state index contributed by atoms with van der Waals surface area (Å²) in [6.07, 6.45) is 6.24. The molecule has 1 aliphatic rings. The third kappa shape index (κ3) is 5.52. The van der Waals surface area contributed by atoms with Crippen molar-refractivity contribution in [2.24, 2.45) is 0 Å². The molecule has 17 heavy (non-hydrogen) atoms. The lowest BCUT2D eigenvalue weighted by Gasteiger charge is -2.26. The SMILES string of the molecule is CCCCCCCC(=O)N1CCS(=O)(=O)CC1. The normalized spacial score (nSPS) is 19.2. The molecule has 5 heteroatoms. The molecule has 0 N–H and O–H groups in total. The van der Waals surface area contributed by atoms with Crippen LogP contribution in [0.15, 0.2) is 0 Å². The van der Waals surface area contributed by atoms with Crippen molar-refractivity contribution >= 4 is 15.7 Å². The van der Waals surface area contributed by atoms with Gasteiger partial charge in [0.15, 0.2) is 9.84 Å². The number of amides is 1. The molecule has 1 saturated heterocycles. The maximum Gasteiger partial charge on any atom is 0.222 e. The Kier molecular flexibility index (Phi) is 5.95. The van der Waals surface area contributed by atoms with E-state index in [1.54, 1.807) is 4.90 Å². The van der Waals surface area contributed by atoms with Crippen LogP contribution in [0.4, 0.5) is 0 Å². The van der Waals surface area contributed by atoms with Gasteiger partial charge in [-0.15, -0.1) is 0 Å². The van der Waals surface area contributed by atoms with E-state index in [-0.39, 0.29) is 17.4 Å². The molecule has 0 aromatic rings. The van der Waals surface area contributed by atoms with E-state index >= 15 is 0 Å². The molecule has 1 heterocycles. The van der Waals surface area contributed by atoms with E-state index in [0.29, 0.717) is 19.5 Å². The van der Waals surface area contributed by atoms with Gasteiger partial charge in [0, 0.05) is 19.5 Å². The van der Waals surface area contributed by atoms with Crippen LogP contribution in [0.2, 0.25) is 0 Å². The zero-order chi connectivity index (χ0) is 12.7. The Hall–Kier alpha value is -0.580. The van der Waals surface area contributed by atoms with Gasteiger partial charge in [0.1, 0.15) is 0 Å². The van der Waals surface area contributed by atoms with E-state index in [1.165, 1.54) is 19.3 Å². The number of carbonyl (C=O) groups excluding carboxylic acids is 1. The van der Waals surface area contributed by atoms with Gasteiger partial charge in [0.05, 0.1) is 11.5 Å². The Balaban J connectivity index is 2.16. The number of hydrogen-bond donors (Lipinski definition) is 0. The minimum atomic E-state index is -2.88. The Bertz CT molecular complexity index is 324. The van der Waals surface area contributed by atoms with Crippen LogP contribution >= 0.6 is 0 Å². The molecule has 0 saturated carbocycles. The Morgan fingerprint density at radius 3 is 2.24 bits per heavy atom. The van der Waals surface area contributed by atoms with Gasteiger partial charge in [-0.1, -0.05) is 32.6 Å². The maximum absolute atomic E-state index is 11.8. The van der Waals surface area contributed by atoms with Crippen molar-refractivity contribution in [1.82, 2.24) is 4.90 Å². The second-order valence-corrected chi connectivity index (χ2v) is 7.00. The van der Waals surface area contributed by atoms with Crippen molar-refractivity contribution in [3.05, 3.63) is 0 Å². The van der Waals surface area contributed by atoms with E-state index in [1.807, 2.05) is 0 Å². The van der Waals surface area contributed by atoms with Crippen molar-refractivity contribution in [2.75, 3.05) is 24.6 Å². The molecule has 0 aliphatic carbocycles. The summed E-state index contributed by atoms with van der Waals surface area (Å²) in [5, 5.41) is 0. The molecule has 1 aliphatic heterocycles. The fraction of sp³-hybridized carbons (Fsp3) is 0.917. The van der Waals surface area contributed by atoms with Crippen LogP contribution in [0.3, 0.4) is 0 Å². The van der Waals surface area contributed by atoms with Crippen molar-refractivity contribution in [1.29, 1.82) is 0 Å². The van der Waals surface area contributed by atoms with Crippen molar-refractivity contribution in [2.45, 2.75) is 45.4 Å². The first-order chi connectivity index (χ1) is 8.05. The van der Waals surface area contributed by atoms with Gasteiger partial charge in [-0.2, -0.15) is 0 Å². The molecule has 100 valence electrons. The number of unbranched alkanes of at least 4 members (excludes halogenated alkanes) is 4. The van der Waals surface area contributed by atoms with E-state index in [9.17, 15) is 13.2 Å². The minimum absolute atomic E-state index is 0.122. The molecule has 1 rings (SSSR count). The monoisotopic (exact) mass is 261 g/mol. The highest BCUT2D eigenvalue weighted by atomic mass is 32.2. The lowest BCUT2D eigenvalue weighted by atomic mass is 10.1. The zero-order valence-electron chi connectivity index (χ0n) is 10.7. The van der Waals surface area contributed by atoms with Crippen molar-refractivity contribution < 1.29 is 13.2 Å². The predicted octanol–water partition coefficient (Wildman–Crippen LogP) is 1.60. The number of rotatable bonds is 6. The summed E-state index contributed by atoms with van der Waals surface area (Å²) in [5.41, 5.74) is 0. The molecular formula is C12H23NO3S. The molecule has 0 aromatic heterocycles. The first-order valence-electron chi connectivity index (χ1n) is 6.53. The predicted molar refractivity (Wildman–Crippen MR) is 68.6 cm³/mol. The molecule has 0 bridgehead atoms. The molecule has 4 nitrogen and oxygen atoms in total. The van der Waals surface area contributed by atoms with E-state index < -0.39 is 9.84 Å². The highest BCUT2D eigenvalue weighted by molar-refractivity contribution is 7.91. The molecule has 1 amide bonds. The fourth-order valence-corrected chi connectivity index (χ4v) is 3.20. The number of carbonyl (C=O) groups is 1. The third-order valence-corrected chi connectivity index (χ3v) is 4.80. The largest absolute Gasteiger partial charge is 0.341 e. The van der Waals surface area contributed by atoms with Crippen LogP contribution in [0.25, 0.3) is 0 Å². The third-order valence-electron chi connectivity index (χ3n) is 3.19. The Morgan fingerprint density at radius 1 is 1.06 bits per heavy atom. The summed E-state index contributed by atoms with van der Waals surface area (Å²) in [4.78, 5) is 13.5. The topological polar surface area (TPSA) is 54.5 Å². The molecule has 0 atom stereocenters. The summed E-state index contributed by atoms with van der Waals surface area (Å²) in [6.45, 7) is 2.94. The van der Waals surface area contributed by atoms with E-state index in [4.69, 9.17) is 0 Å². The van der Waals surface area contributed by atoms with Crippen LogP contribution in [0.1, 0.15) is 45.4 Å². The minimum Gasteiger partial charge on any atom is -0.341 e. The van der Waals surface area contributed by atoms with Gasteiger partial charge in [0.25, 0.3) is 0 Å². The average molecular weight is 261 g/mol. The summed E-state index contributed by atoms with van der Waals surface area (Å²) < 4.78 is 22.4. The van der Waals surface area contributed by atoms with Crippen molar-refractivity contribution in [3.8, 4) is 0 Å². The first-order valence-corrected chi connectivity index (χ1v) is 8.35.